The van der Waals surface area contributed by atoms with E-state index in [2.05, 4.69) is 35.6 Å². The standard InChI is InChI=1S/C25H28N4O2/c1-30-22-15-20-21(16-23(22)31-2)28-24(29-25(20)27-13-7-3-6-12-26)19-11-10-17-8-4-5-9-18(17)14-19/h4-5,8-11,14-16H,3,6-7,12-13,26H2,1-2H3,(H,27,28,29). The number of anilines is 1. The van der Waals surface area contributed by atoms with Crippen LogP contribution in [0.3, 0.4) is 0 Å². The molecule has 31 heavy (non-hydrogen) atoms. The van der Waals surface area contributed by atoms with Crippen LogP contribution in [0.2, 0.25) is 0 Å². The van der Waals surface area contributed by atoms with Gasteiger partial charge in [0.05, 0.1) is 19.7 Å². The van der Waals surface area contributed by atoms with Gasteiger partial charge in [-0.25, -0.2) is 9.97 Å². The molecule has 0 aliphatic carbocycles. The van der Waals surface area contributed by atoms with Crippen LogP contribution in [0.25, 0.3) is 33.1 Å². The molecule has 160 valence electrons. The average Bonchev–Trinajstić information content (AvgIpc) is 2.82. The predicted molar refractivity (Wildman–Crippen MR) is 127 cm³/mol. The van der Waals surface area contributed by atoms with Crippen LogP contribution in [0.5, 0.6) is 11.5 Å². The van der Waals surface area contributed by atoms with Gasteiger partial charge in [-0.15, -0.1) is 0 Å². The van der Waals surface area contributed by atoms with Gasteiger partial charge in [-0.1, -0.05) is 42.8 Å². The number of nitrogens with zero attached hydrogens (tertiary/aromatic N) is 2. The Hall–Kier alpha value is -3.38. The van der Waals surface area contributed by atoms with E-state index in [0.29, 0.717) is 17.3 Å². The zero-order valence-corrected chi connectivity index (χ0v) is 18.0. The fourth-order valence-electron chi connectivity index (χ4n) is 3.70. The predicted octanol–water partition coefficient (Wildman–Crippen LogP) is 5.01. The highest BCUT2D eigenvalue weighted by Crippen LogP contribution is 2.35. The SMILES string of the molecule is COc1cc2nc(-c3ccc4ccccc4c3)nc(NCCCCCN)c2cc1OC. The van der Waals surface area contributed by atoms with E-state index >= 15 is 0 Å². The molecule has 0 saturated heterocycles. The summed E-state index contributed by atoms with van der Waals surface area (Å²) in [7, 11) is 3.26. The minimum absolute atomic E-state index is 0.645. The van der Waals surface area contributed by atoms with E-state index in [9.17, 15) is 0 Å². The molecule has 3 N–H and O–H groups in total. The first-order valence-corrected chi connectivity index (χ1v) is 10.6. The molecule has 6 heteroatoms. The number of hydrogen-bond acceptors (Lipinski definition) is 6. The summed E-state index contributed by atoms with van der Waals surface area (Å²) in [6, 6.07) is 18.4. The number of fused-ring (bicyclic) bond motifs is 2. The Balaban J connectivity index is 1.78. The van der Waals surface area contributed by atoms with E-state index in [1.807, 2.05) is 24.3 Å². The van der Waals surface area contributed by atoms with Crippen LogP contribution < -0.4 is 20.5 Å². The summed E-state index contributed by atoms with van der Waals surface area (Å²) >= 11 is 0. The number of methoxy groups -OCH3 is 2. The molecule has 0 aliphatic rings. The second-order valence-corrected chi connectivity index (χ2v) is 7.46. The molecule has 3 aromatic carbocycles. The molecule has 1 aromatic heterocycles. The molecule has 0 bridgehead atoms. The molecule has 0 fully saturated rings. The number of rotatable bonds is 9. The van der Waals surface area contributed by atoms with E-state index in [1.54, 1.807) is 14.2 Å². The topological polar surface area (TPSA) is 82.3 Å². The number of ether oxygens (including phenoxy) is 2. The fraction of sp³-hybridized carbons (Fsp3) is 0.280. The third-order valence-electron chi connectivity index (χ3n) is 5.38. The van der Waals surface area contributed by atoms with E-state index in [1.165, 1.54) is 5.39 Å². The lowest BCUT2D eigenvalue weighted by molar-refractivity contribution is 0.356. The summed E-state index contributed by atoms with van der Waals surface area (Å²) in [6.07, 6.45) is 3.14. The molecule has 0 radical (unpaired) electrons. The normalized spacial score (nSPS) is 11.1. The highest BCUT2D eigenvalue weighted by atomic mass is 16.5. The minimum Gasteiger partial charge on any atom is -0.493 e. The Bertz CT molecular complexity index is 1190. The molecule has 4 rings (SSSR count). The number of unbranched alkanes of at least 4 members (excludes halogenated alkanes) is 2. The fourth-order valence-corrected chi connectivity index (χ4v) is 3.70. The van der Waals surface area contributed by atoms with Gasteiger partial charge in [0.1, 0.15) is 5.82 Å². The molecule has 0 unspecified atom stereocenters. The summed E-state index contributed by atoms with van der Waals surface area (Å²) in [5.74, 6) is 2.77. The van der Waals surface area contributed by atoms with Crippen molar-refractivity contribution in [3.8, 4) is 22.9 Å². The molecular formula is C25H28N4O2. The first-order valence-electron chi connectivity index (χ1n) is 10.6. The van der Waals surface area contributed by atoms with Crippen molar-refractivity contribution in [1.82, 2.24) is 9.97 Å². The lowest BCUT2D eigenvalue weighted by atomic mass is 10.1. The van der Waals surface area contributed by atoms with Crippen LogP contribution in [0.15, 0.2) is 54.6 Å². The second-order valence-electron chi connectivity index (χ2n) is 7.46. The van der Waals surface area contributed by atoms with E-state index in [4.69, 9.17) is 25.2 Å². The first kappa shape index (κ1) is 20.9. The van der Waals surface area contributed by atoms with E-state index in [-0.39, 0.29) is 0 Å². The van der Waals surface area contributed by atoms with Crippen LogP contribution in [-0.2, 0) is 0 Å². The van der Waals surface area contributed by atoms with Gasteiger partial charge in [0, 0.05) is 23.6 Å². The summed E-state index contributed by atoms with van der Waals surface area (Å²) in [6.45, 7) is 1.54. The van der Waals surface area contributed by atoms with Crippen molar-refractivity contribution in [3.05, 3.63) is 54.6 Å². The lowest BCUT2D eigenvalue weighted by Gasteiger charge is -2.14. The number of aromatic nitrogens is 2. The molecule has 0 saturated carbocycles. The van der Waals surface area contributed by atoms with Crippen molar-refractivity contribution >= 4 is 27.5 Å². The Morgan fingerprint density at radius 3 is 2.39 bits per heavy atom. The number of nitrogens with two attached hydrogens (primary N) is 1. The van der Waals surface area contributed by atoms with Gasteiger partial charge in [-0.3, -0.25) is 0 Å². The van der Waals surface area contributed by atoms with Crippen LogP contribution in [0, 0.1) is 0 Å². The molecule has 0 spiro atoms. The largest absolute Gasteiger partial charge is 0.493 e. The third kappa shape index (κ3) is 4.54. The van der Waals surface area contributed by atoms with Gasteiger partial charge in [0.2, 0.25) is 0 Å². The van der Waals surface area contributed by atoms with Crippen LogP contribution >= 0.6 is 0 Å². The molecule has 0 atom stereocenters. The molecule has 4 aromatic rings. The Morgan fingerprint density at radius 1 is 0.839 bits per heavy atom. The van der Waals surface area contributed by atoms with Crippen molar-refractivity contribution in [2.45, 2.75) is 19.3 Å². The van der Waals surface area contributed by atoms with Gasteiger partial charge in [-0.05, 0) is 42.3 Å². The summed E-state index contributed by atoms with van der Waals surface area (Å²) in [5.41, 5.74) is 7.39. The van der Waals surface area contributed by atoms with Gasteiger partial charge in [0.15, 0.2) is 17.3 Å². The van der Waals surface area contributed by atoms with Crippen molar-refractivity contribution in [1.29, 1.82) is 0 Å². The summed E-state index contributed by atoms with van der Waals surface area (Å²) in [4.78, 5) is 9.73. The number of benzene rings is 3. The second kappa shape index (κ2) is 9.62. The Kier molecular flexibility index (Phi) is 6.48. The quantitative estimate of drug-likeness (QED) is 0.373. The van der Waals surface area contributed by atoms with Crippen molar-refractivity contribution in [3.63, 3.8) is 0 Å². The summed E-state index contributed by atoms with van der Waals surface area (Å²) in [5, 5.41) is 6.75. The van der Waals surface area contributed by atoms with Gasteiger partial charge in [0.25, 0.3) is 0 Å². The van der Waals surface area contributed by atoms with Gasteiger partial charge in [-0.2, -0.15) is 0 Å². The highest BCUT2D eigenvalue weighted by molar-refractivity contribution is 5.94. The maximum atomic E-state index is 5.61. The van der Waals surface area contributed by atoms with Crippen molar-refractivity contribution in [2.24, 2.45) is 5.73 Å². The number of hydrogen-bond donors (Lipinski definition) is 2. The zero-order chi connectivity index (χ0) is 21.6. The van der Waals surface area contributed by atoms with E-state index in [0.717, 1.165) is 60.0 Å². The third-order valence-corrected chi connectivity index (χ3v) is 5.38. The lowest BCUT2D eigenvalue weighted by Crippen LogP contribution is -2.07. The minimum atomic E-state index is 0.645. The smallest absolute Gasteiger partial charge is 0.162 e. The maximum absolute atomic E-state index is 5.61. The maximum Gasteiger partial charge on any atom is 0.162 e. The average molecular weight is 417 g/mol. The van der Waals surface area contributed by atoms with E-state index < -0.39 is 0 Å². The Labute approximate surface area is 182 Å². The van der Waals surface area contributed by atoms with Crippen LogP contribution in [0.4, 0.5) is 5.82 Å². The van der Waals surface area contributed by atoms with Crippen LogP contribution in [-0.4, -0.2) is 37.3 Å². The van der Waals surface area contributed by atoms with Crippen molar-refractivity contribution in [2.75, 3.05) is 32.6 Å². The molecule has 6 nitrogen and oxygen atoms in total. The van der Waals surface area contributed by atoms with Gasteiger partial charge >= 0.3 is 0 Å². The number of nitrogens with one attached hydrogen (secondary N) is 1. The molecule has 1 heterocycles. The van der Waals surface area contributed by atoms with Crippen LogP contribution in [0.1, 0.15) is 19.3 Å². The molecule has 0 aliphatic heterocycles. The first-order chi connectivity index (χ1) is 15.2. The summed E-state index contributed by atoms with van der Waals surface area (Å²) < 4.78 is 11.0. The highest BCUT2D eigenvalue weighted by Gasteiger charge is 2.14. The zero-order valence-electron chi connectivity index (χ0n) is 18.0. The molecular weight excluding hydrogens is 388 g/mol. The van der Waals surface area contributed by atoms with Crippen molar-refractivity contribution < 1.29 is 9.47 Å². The Morgan fingerprint density at radius 2 is 1.61 bits per heavy atom. The monoisotopic (exact) mass is 416 g/mol. The molecule has 0 amide bonds. The van der Waals surface area contributed by atoms with Gasteiger partial charge < -0.3 is 20.5 Å².